The maximum Gasteiger partial charge on any atom is 0.00975 e. The van der Waals surface area contributed by atoms with Gasteiger partial charge < -0.3 is 5.32 Å². The molecule has 1 nitrogen and oxygen atoms in total. The lowest BCUT2D eigenvalue weighted by atomic mass is 9.75. The van der Waals surface area contributed by atoms with E-state index in [0.29, 0.717) is 6.04 Å². The molecule has 0 aromatic rings. The van der Waals surface area contributed by atoms with Crippen LogP contribution in [0.15, 0.2) is 0 Å². The summed E-state index contributed by atoms with van der Waals surface area (Å²) in [6, 6.07) is 0.678. The van der Waals surface area contributed by atoms with Gasteiger partial charge in [-0.05, 0) is 43.1 Å². The Kier molecular flexibility index (Phi) is 9.78. The Balaban J connectivity index is 4.61. The number of rotatable bonds is 10. The van der Waals surface area contributed by atoms with Crippen LogP contribution in [0.25, 0.3) is 0 Å². The van der Waals surface area contributed by atoms with E-state index >= 15 is 0 Å². The van der Waals surface area contributed by atoms with Crippen molar-refractivity contribution in [2.75, 3.05) is 7.05 Å². The Labute approximate surface area is 122 Å². The van der Waals surface area contributed by atoms with E-state index in [1.807, 2.05) is 0 Å². The normalized spacial score (nSPS) is 20.1. The van der Waals surface area contributed by atoms with Crippen LogP contribution in [0.4, 0.5) is 0 Å². The van der Waals surface area contributed by atoms with Crippen molar-refractivity contribution >= 4 is 0 Å². The minimum Gasteiger partial charge on any atom is -0.317 e. The van der Waals surface area contributed by atoms with Gasteiger partial charge in [-0.15, -0.1) is 0 Å². The maximum absolute atomic E-state index is 3.62. The Morgan fingerprint density at radius 2 is 1.47 bits per heavy atom. The van der Waals surface area contributed by atoms with Gasteiger partial charge in [-0.2, -0.15) is 0 Å². The van der Waals surface area contributed by atoms with Gasteiger partial charge in [0.15, 0.2) is 0 Å². The molecular weight excluding hydrogens is 230 g/mol. The first kappa shape index (κ1) is 19.0. The van der Waals surface area contributed by atoms with Crippen molar-refractivity contribution in [3.63, 3.8) is 0 Å². The van der Waals surface area contributed by atoms with Crippen molar-refractivity contribution in [3.8, 4) is 0 Å². The lowest BCUT2D eigenvalue weighted by Crippen LogP contribution is -2.40. The molecule has 0 aromatic heterocycles. The highest BCUT2D eigenvalue weighted by molar-refractivity contribution is 4.82. The monoisotopic (exact) mass is 269 g/mol. The second kappa shape index (κ2) is 9.80. The smallest absolute Gasteiger partial charge is 0.00975 e. The second-order valence-corrected chi connectivity index (χ2v) is 7.05. The van der Waals surface area contributed by atoms with Crippen LogP contribution in [0.5, 0.6) is 0 Å². The van der Waals surface area contributed by atoms with Crippen molar-refractivity contribution in [1.29, 1.82) is 0 Å². The van der Waals surface area contributed by atoms with Crippen LogP contribution >= 0.6 is 0 Å². The summed E-state index contributed by atoms with van der Waals surface area (Å²) in [5.74, 6) is 4.07. The molecule has 0 saturated heterocycles. The van der Waals surface area contributed by atoms with Crippen LogP contribution in [0.2, 0.25) is 0 Å². The van der Waals surface area contributed by atoms with Crippen LogP contribution in [0.1, 0.15) is 74.1 Å². The second-order valence-electron chi connectivity index (χ2n) is 7.05. The first-order chi connectivity index (χ1) is 8.88. The van der Waals surface area contributed by atoms with Crippen molar-refractivity contribution in [3.05, 3.63) is 0 Å². The molecule has 1 N–H and O–H groups in total. The van der Waals surface area contributed by atoms with E-state index < -0.39 is 0 Å². The molecule has 0 aliphatic heterocycles. The minimum atomic E-state index is 0.678. The van der Waals surface area contributed by atoms with Gasteiger partial charge in [0.05, 0.1) is 0 Å². The first-order valence-electron chi connectivity index (χ1n) is 8.56. The fourth-order valence-electron chi connectivity index (χ4n) is 3.40. The highest BCUT2D eigenvalue weighted by atomic mass is 14.9. The molecule has 0 rings (SSSR count). The predicted octanol–water partition coefficient (Wildman–Crippen LogP) is 5.36. The third kappa shape index (κ3) is 6.29. The fraction of sp³-hybridized carbons (Fsp3) is 1.00. The van der Waals surface area contributed by atoms with Crippen LogP contribution in [-0.4, -0.2) is 13.1 Å². The summed E-state index contributed by atoms with van der Waals surface area (Å²) in [6.07, 6.45) is 5.30. The van der Waals surface area contributed by atoms with Crippen molar-refractivity contribution in [2.24, 2.45) is 29.6 Å². The Hall–Kier alpha value is -0.0400. The molecular formula is C18H39N. The average Bonchev–Trinajstić information content (AvgIpc) is 2.37. The zero-order valence-electron chi connectivity index (χ0n) is 14.8. The van der Waals surface area contributed by atoms with E-state index in [9.17, 15) is 0 Å². The third-order valence-corrected chi connectivity index (χ3v) is 5.43. The zero-order valence-corrected chi connectivity index (χ0v) is 14.8. The average molecular weight is 270 g/mol. The van der Waals surface area contributed by atoms with Crippen molar-refractivity contribution < 1.29 is 0 Å². The van der Waals surface area contributed by atoms with E-state index in [-0.39, 0.29) is 0 Å². The molecule has 5 atom stereocenters. The largest absolute Gasteiger partial charge is 0.317 e. The molecule has 0 aliphatic rings. The number of nitrogens with one attached hydrogen (secondary N) is 1. The van der Waals surface area contributed by atoms with Gasteiger partial charge in [0.2, 0.25) is 0 Å². The van der Waals surface area contributed by atoms with Gasteiger partial charge in [-0.3, -0.25) is 0 Å². The molecule has 0 aliphatic carbocycles. The van der Waals surface area contributed by atoms with Gasteiger partial charge in [0.25, 0.3) is 0 Å². The zero-order chi connectivity index (χ0) is 15.0. The van der Waals surface area contributed by atoms with Gasteiger partial charge in [0.1, 0.15) is 0 Å². The number of hydrogen-bond acceptors (Lipinski definition) is 1. The van der Waals surface area contributed by atoms with E-state index in [1.54, 1.807) is 0 Å². The maximum atomic E-state index is 3.62. The standard InChI is InChI=1S/C18H39N/c1-9-11-14(5)15(6)12-18(19-8)17(10-2)16(7)13(3)4/h13-19H,9-12H2,1-8H3. The molecule has 0 amide bonds. The molecule has 0 aromatic carbocycles. The summed E-state index contributed by atoms with van der Waals surface area (Å²) in [5, 5.41) is 3.62. The molecule has 116 valence electrons. The van der Waals surface area contributed by atoms with E-state index in [4.69, 9.17) is 0 Å². The summed E-state index contributed by atoms with van der Waals surface area (Å²) in [5.41, 5.74) is 0. The molecule has 0 bridgehead atoms. The van der Waals surface area contributed by atoms with E-state index in [2.05, 4.69) is 60.8 Å². The highest BCUT2D eigenvalue weighted by Gasteiger charge is 2.28. The number of hydrogen-bond donors (Lipinski definition) is 1. The molecule has 0 fully saturated rings. The van der Waals surface area contributed by atoms with Crippen LogP contribution in [0, 0.1) is 29.6 Å². The summed E-state index contributed by atoms with van der Waals surface area (Å²) < 4.78 is 0. The molecule has 1 heteroatoms. The molecule has 19 heavy (non-hydrogen) atoms. The highest BCUT2D eigenvalue weighted by Crippen LogP contribution is 2.31. The van der Waals surface area contributed by atoms with Gasteiger partial charge in [-0.1, -0.05) is 67.7 Å². The Morgan fingerprint density at radius 1 is 0.895 bits per heavy atom. The summed E-state index contributed by atoms with van der Waals surface area (Å²) >= 11 is 0. The van der Waals surface area contributed by atoms with Gasteiger partial charge in [-0.25, -0.2) is 0 Å². The molecule has 0 heterocycles. The van der Waals surface area contributed by atoms with E-state index in [0.717, 1.165) is 29.6 Å². The minimum absolute atomic E-state index is 0.678. The summed E-state index contributed by atoms with van der Waals surface area (Å²) in [4.78, 5) is 0. The van der Waals surface area contributed by atoms with Crippen LogP contribution in [0.3, 0.4) is 0 Å². The molecule has 5 unspecified atom stereocenters. The quantitative estimate of drug-likeness (QED) is 0.563. The molecule has 0 spiro atoms. The Morgan fingerprint density at radius 3 is 1.84 bits per heavy atom. The molecule has 0 saturated carbocycles. The first-order valence-corrected chi connectivity index (χ1v) is 8.56. The third-order valence-electron chi connectivity index (χ3n) is 5.43. The Bertz CT molecular complexity index is 212. The lowest BCUT2D eigenvalue weighted by Gasteiger charge is -2.36. The predicted molar refractivity (Wildman–Crippen MR) is 88.5 cm³/mol. The molecule has 0 radical (unpaired) electrons. The SMILES string of the molecule is CCCC(C)C(C)CC(NC)C(CC)C(C)C(C)C. The summed E-state index contributed by atoms with van der Waals surface area (Å²) in [7, 11) is 2.15. The van der Waals surface area contributed by atoms with Crippen LogP contribution < -0.4 is 5.32 Å². The van der Waals surface area contributed by atoms with Gasteiger partial charge in [0, 0.05) is 6.04 Å². The van der Waals surface area contributed by atoms with Gasteiger partial charge >= 0.3 is 0 Å². The lowest BCUT2D eigenvalue weighted by molar-refractivity contribution is 0.177. The summed E-state index contributed by atoms with van der Waals surface area (Å²) in [6.45, 7) is 16.7. The van der Waals surface area contributed by atoms with E-state index in [1.165, 1.54) is 25.7 Å². The topological polar surface area (TPSA) is 12.0 Å². The van der Waals surface area contributed by atoms with Crippen molar-refractivity contribution in [2.45, 2.75) is 80.2 Å². The fourth-order valence-corrected chi connectivity index (χ4v) is 3.40. The van der Waals surface area contributed by atoms with Crippen LogP contribution in [-0.2, 0) is 0 Å². The van der Waals surface area contributed by atoms with Crippen molar-refractivity contribution in [1.82, 2.24) is 5.32 Å².